The molecule has 3 heteroatoms. The number of hydrogen-bond donors (Lipinski definition) is 1. The highest BCUT2D eigenvalue weighted by molar-refractivity contribution is 5.61. The van der Waals surface area contributed by atoms with Crippen molar-refractivity contribution in [1.29, 1.82) is 5.26 Å². The second-order valence-corrected chi connectivity index (χ2v) is 4.44. The summed E-state index contributed by atoms with van der Waals surface area (Å²) in [6.07, 6.45) is 2.47. The van der Waals surface area contributed by atoms with Crippen molar-refractivity contribution in [2.45, 2.75) is 26.3 Å². The van der Waals surface area contributed by atoms with Crippen molar-refractivity contribution < 1.29 is 4.42 Å². The smallest absolute Gasteiger partial charge is 0.105 e. The largest absolute Gasteiger partial charge is 0.469 e. The first kappa shape index (κ1) is 12.3. The normalized spacial score (nSPS) is 11.8. The Bertz CT molecular complexity index is 552. The summed E-state index contributed by atoms with van der Waals surface area (Å²) in [7, 11) is 0. The maximum Gasteiger partial charge on any atom is 0.105 e. The second-order valence-electron chi connectivity index (χ2n) is 4.44. The van der Waals surface area contributed by atoms with Crippen molar-refractivity contribution >= 4 is 5.69 Å². The Labute approximate surface area is 107 Å². The molecule has 3 nitrogen and oxygen atoms in total. The molecule has 1 N–H and O–H groups in total. The van der Waals surface area contributed by atoms with Gasteiger partial charge in [0.2, 0.25) is 0 Å². The molecule has 0 saturated carbocycles. The average Bonchev–Trinajstić information content (AvgIpc) is 2.82. The van der Waals surface area contributed by atoms with Gasteiger partial charge in [0, 0.05) is 12.5 Å². The van der Waals surface area contributed by atoms with Crippen LogP contribution in [0.3, 0.4) is 0 Å². The van der Waals surface area contributed by atoms with Crippen LogP contribution in [0.2, 0.25) is 0 Å². The van der Waals surface area contributed by atoms with E-state index in [1.165, 1.54) is 0 Å². The molecule has 0 aliphatic carbocycles. The summed E-state index contributed by atoms with van der Waals surface area (Å²) in [6.45, 7) is 4.02. The zero-order valence-corrected chi connectivity index (χ0v) is 10.6. The van der Waals surface area contributed by atoms with E-state index in [4.69, 9.17) is 9.68 Å². The Kier molecular flexibility index (Phi) is 3.69. The number of hydrogen-bond acceptors (Lipinski definition) is 3. The lowest BCUT2D eigenvalue weighted by Crippen LogP contribution is -2.18. The van der Waals surface area contributed by atoms with E-state index in [1.54, 1.807) is 6.26 Å². The zero-order chi connectivity index (χ0) is 13.0. The van der Waals surface area contributed by atoms with Gasteiger partial charge in [-0.3, -0.25) is 0 Å². The number of benzene rings is 1. The van der Waals surface area contributed by atoms with Crippen molar-refractivity contribution in [2.24, 2.45) is 0 Å². The summed E-state index contributed by atoms with van der Waals surface area (Å²) in [5.74, 6) is 0.946. The van der Waals surface area contributed by atoms with E-state index < -0.39 is 0 Å². The number of nitrogens with one attached hydrogen (secondary N) is 1. The molecule has 18 heavy (non-hydrogen) atoms. The summed E-state index contributed by atoms with van der Waals surface area (Å²) in [4.78, 5) is 0. The van der Waals surface area contributed by atoms with E-state index >= 15 is 0 Å². The van der Waals surface area contributed by atoms with Crippen LogP contribution in [0.1, 0.15) is 23.8 Å². The molecule has 0 aliphatic heterocycles. The van der Waals surface area contributed by atoms with Gasteiger partial charge in [-0.2, -0.15) is 5.26 Å². The molecule has 1 atom stereocenters. The SMILES string of the molecule is Cc1cccc(NC(C)Cc2ccco2)c1C#N. The van der Waals surface area contributed by atoms with E-state index in [-0.39, 0.29) is 6.04 Å². The molecule has 1 heterocycles. The first-order valence-corrected chi connectivity index (χ1v) is 5.99. The fourth-order valence-corrected chi connectivity index (χ4v) is 1.98. The van der Waals surface area contributed by atoms with Crippen LogP contribution in [0, 0.1) is 18.3 Å². The number of nitriles is 1. The molecule has 0 aliphatic rings. The quantitative estimate of drug-likeness (QED) is 0.889. The molecular weight excluding hydrogens is 224 g/mol. The van der Waals surface area contributed by atoms with E-state index in [1.807, 2.05) is 37.3 Å². The molecule has 0 bridgehead atoms. The van der Waals surface area contributed by atoms with Gasteiger partial charge >= 0.3 is 0 Å². The molecule has 2 aromatic rings. The standard InChI is InChI=1S/C15H16N2O/c1-11-5-3-7-15(14(11)10-16)17-12(2)9-13-6-4-8-18-13/h3-8,12,17H,9H2,1-2H3. The Balaban J connectivity index is 2.10. The summed E-state index contributed by atoms with van der Waals surface area (Å²) in [6, 6.07) is 12.1. The van der Waals surface area contributed by atoms with Gasteiger partial charge in [-0.1, -0.05) is 12.1 Å². The van der Waals surface area contributed by atoms with Crippen LogP contribution in [-0.2, 0) is 6.42 Å². The summed E-state index contributed by atoms with van der Waals surface area (Å²) in [5, 5.41) is 12.5. The van der Waals surface area contributed by atoms with Crippen LogP contribution >= 0.6 is 0 Å². The first-order valence-electron chi connectivity index (χ1n) is 5.99. The highest BCUT2D eigenvalue weighted by Gasteiger charge is 2.09. The molecule has 1 aromatic carbocycles. The van der Waals surface area contributed by atoms with Gasteiger partial charge in [0.05, 0.1) is 17.5 Å². The molecule has 92 valence electrons. The van der Waals surface area contributed by atoms with Gasteiger partial charge in [0.1, 0.15) is 11.8 Å². The minimum absolute atomic E-state index is 0.213. The minimum Gasteiger partial charge on any atom is -0.469 e. The van der Waals surface area contributed by atoms with E-state index in [9.17, 15) is 0 Å². The van der Waals surface area contributed by atoms with Gasteiger partial charge in [-0.05, 0) is 37.6 Å². The summed E-state index contributed by atoms with van der Waals surface area (Å²) < 4.78 is 5.32. The van der Waals surface area contributed by atoms with E-state index in [0.717, 1.165) is 23.4 Å². The van der Waals surface area contributed by atoms with Crippen LogP contribution in [0.5, 0.6) is 0 Å². The molecule has 1 unspecified atom stereocenters. The van der Waals surface area contributed by atoms with Crippen LogP contribution < -0.4 is 5.32 Å². The Morgan fingerprint density at radius 2 is 2.17 bits per heavy atom. The molecule has 2 rings (SSSR count). The van der Waals surface area contributed by atoms with Crippen LogP contribution in [0.4, 0.5) is 5.69 Å². The number of aryl methyl sites for hydroxylation is 1. The predicted octanol–water partition coefficient (Wildman–Crippen LogP) is 3.50. The molecule has 0 spiro atoms. The van der Waals surface area contributed by atoms with Gasteiger partial charge in [-0.15, -0.1) is 0 Å². The molecule has 0 radical (unpaired) electrons. The van der Waals surface area contributed by atoms with Crippen molar-refractivity contribution in [2.75, 3.05) is 5.32 Å². The first-order chi connectivity index (χ1) is 8.70. The number of furan rings is 1. The third-order valence-corrected chi connectivity index (χ3v) is 2.87. The van der Waals surface area contributed by atoms with Gasteiger partial charge in [-0.25, -0.2) is 0 Å². The molecule has 0 saturated heterocycles. The van der Waals surface area contributed by atoms with Gasteiger partial charge in [0.15, 0.2) is 0 Å². The Hall–Kier alpha value is -2.21. The second kappa shape index (κ2) is 5.42. The summed E-state index contributed by atoms with van der Waals surface area (Å²) >= 11 is 0. The highest BCUT2D eigenvalue weighted by atomic mass is 16.3. The third-order valence-electron chi connectivity index (χ3n) is 2.87. The fraction of sp³-hybridized carbons (Fsp3) is 0.267. The molecular formula is C15H16N2O. The highest BCUT2D eigenvalue weighted by Crippen LogP contribution is 2.20. The van der Waals surface area contributed by atoms with E-state index in [2.05, 4.69) is 18.3 Å². The van der Waals surface area contributed by atoms with E-state index in [0.29, 0.717) is 5.56 Å². The zero-order valence-electron chi connectivity index (χ0n) is 10.6. The lowest BCUT2D eigenvalue weighted by atomic mass is 10.1. The average molecular weight is 240 g/mol. The molecule has 0 amide bonds. The van der Waals surface area contributed by atoms with Crippen LogP contribution in [0.15, 0.2) is 41.0 Å². The Morgan fingerprint density at radius 1 is 1.33 bits per heavy atom. The maximum atomic E-state index is 9.16. The number of anilines is 1. The van der Waals surface area contributed by atoms with Crippen LogP contribution in [-0.4, -0.2) is 6.04 Å². The molecule has 1 aromatic heterocycles. The topological polar surface area (TPSA) is 49.0 Å². The predicted molar refractivity (Wildman–Crippen MR) is 71.4 cm³/mol. The number of nitrogens with zero attached hydrogens (tertiary/aromatic N) is 1. The van der Waals surface area contributed by atoms with Crippen molar-refractivity contribution in [3.8, 4) is 6.07 Å². The maximum absolute atomic E-state index is 9.16. The lowest BCUT2D eigenvalue weighted by molar-refractivity contribution is 0.498. The number of rotatable bonds is 4. The van der Waals surface area contributed by atoms with Crippen molar-refractivity contribution in [3.05, 3.63) is 53.5 Å². The van der Waals surface area contributed by atoms with Crippen molar-refractivity contribution in [3.63, 3.8) is 0 Å². The van der Waals surface area contributed by atoms with Gasteiger partial charge in [0.25, 0.3) is 0 Å². The van der Waals surface area contributed by atoms with Crippen LogP contribution in [0.25, 0.3) is 0 Å². The Morgan fingerprint density at radius 3 is 2.83 bits per heavy atom. The monoisotopic (exact) mass is 240 g/mol. The molecule has 0 fully saturated rings. The van der Waals surface area contributed by atoms with Crippen molar-refractivity contribution in [1.82, 2.24) is 0 Å². The lowest BCUT2D eigenvalue weighted by Gasteiger charge is -2.16. The summed E-state index contributed by atoms with van der Waals surface area (Å²) in [5.41, 5.74) is 2.59. The van der Waals surface area contributed by atoms with Gasteiger partial charge < -0.3 is 9.73 Å². The third kappa shape index (κ3) is 2.72. The fourth-order valence-electron chi connectivity index (χ4n) is 1.98. The minimum atomic E-state index is 0.213.